The van der Waals surface area contributed by atoms with Gasteiger partial charge in [0.05, 0.1) is 19.3 Å². The van der Waals surface area contributed by atoms with Gasteiger partial charge in [0.2, 0.25) is 0 Å². The highest BCUT2D eigenvalue weighted by Crippen LogP contribution is 2.06. The van der Waals surface area contributed by atoms with Crippen LogP contribution in [0.4, 0.5) is 0 Å². The third-order valence-electron chi connectivity index (χ3n) is 1.47. The van der Waals surface area contributed by atoms with Crippen LogP contribution in [0.3, 0.4) is 0 Å². The van der Waals surface area contributed by atoms with E-state index in [1.54, 1.807) is 18.2 Å². The molecule has 0 N–H and O–H groups in total. The van der Waals surface area contributed by atoms with Crippen LogP contribution in [0.2, 0.25) is 5.15 Å². The predicted molar refractivity (Wildman–Crippen MR) is 47.7 cm³/mol. The molecule has 0 aliphatic rings. The lowest BCUT2D eigenvalue weighted by molar-refractivity contribution is -0.117. The van der Waals surface area contributed by atoms with Crippen molar-refractivity contribution < 1.29 is 4.84 Å². The fourth-order valence-electron chi connectivity index (χ4n) is 0.831. The quantitative estimate of drug-likeness (QED) is 0.531. The first kappa shape index (κ1) is 9.45. The molecule has 12 heavy (non-hydrogen) atoms. The fourth-order valence-corrected chi connectivity index (χ4v) is 1.01. The molecule has 0 amide bonds. The van der Waals surface area contributed by atoms with Gasteiger partial charge in [-0.05, 0) is 12.1 Å². The number of rotatable bonds is 3. The minimum atomic E-state index is 0.511. The van der Waals surface area contributed by atoms with Crippen molar-refractivity contribution in [2.45, 2.75) is 6.54 Å². The second kappa shape index (κ2) is 4.40. The smallest absolute Gasteiger partial charge is 0.129 e. The first-order valence-electron chi connectivity index (χ1n) is 3.59. The number of nitrogens with zero attached hydrogens (tertiary/aromatic N) is 2. The van der Waals surface area contributed by atoms with Crippen molar-refractivity contribution >= 4 is 11.6 Å². The molecule has 1 aromatic heterocycles. The fraction of sp³-hybridized carbons (Fsp3) is 0.375. The number of hydrogen-bond donors (Lipinski definition) is 0. The first-order chi connectivity index (χ1) is 5.72. The third kappa shape index (κ3) is 2.77. The Balaban J connectivity index is 2.63. The molecule has 0 atom stereocenters. The Bertz CT molecular complexity index is 255. The first-order valence-corrected chi connectivity index (χ1v) is 3.97. The summed E-state index contributed by atoms with van der Waals surface area (Å²) in [4.78, 5) is 9.05. The molecule has 66 valence electrons. The van der Waals surface area contributed by atoms with E-state index in [0.717, 1.165) is 5.69 Å². The number of aromatic nitrogens is 1. The molecule has 0 bridgehead atoms. The van der Waals surface area contributed by atoms with Gasteiger partial charge in [-0.25, -0.2) is 4.98 Å². The number of hydrogen-bond acceptors (Lipinski definition) is 3. The SMILES string of the molecule is CON(C)Cc1cccc(Cl)n1. The minimum Gasteiger partial charge on any atom is -0.302 e. The van der Waals surface area contributed by atoms with E-state index in [-0.39, 0.29) is 0 Å². The van der Waals surface area contributed by atoms with Crippen molar-refractivity contribution in [2.75, 3.05) is 14.2 Å². The van der Waals surface area contributed by atoms with Gasteiger partial charge in [0, 0.05) is 7.05 Å². The van der Waals surface area contributed by atoms with E-state index in [1.165, 1.54) is 0 Å². The minimum absolute atomic E-state index is 0.511. The summed E-state index contributed by atoms with van der Waals surface area (Å²) in [6.07, 6.45) is 0. The highest BCUT2D eigenvalue weighted by atomic mass is 35.5. The molecule has 1 aromatic rings. The van der Waals surface area contributed by atoms with E-state index in [2.05, 4.69) is 4.98 Å². The molecular weight excluding hydrogens is 176 g/mol. The van der Waals surface area contributed by atoms with E-state index >= 15 is 0 Å². The molecule has 0 saturated heterocycles. The van der Waals surface area contributed by atoms with Crippen molar-refractivity contribution in [3.63, 3.8) is 0 Å². The summed E-state index contributed by atoms with van der Waals surface area (Å²) < 4.78 is 0. The monoisotopic (exact) mass is 186 g/mol. The lowest BCUT2D eigenvalue weighted by Crippen LogP contribution is -2.16. The van der Waals surface area contributed by atoms with Gasteiger partial charge in [0.1, 0.15) is 5.15 Å². The molecule has 0 aromatic carbocycles. The second-order valence-electron chi connectivity index (χ2n) is 2.42. The van der Waals surface area contributed by atoms with Gasteiger partial charge in [-0.2, -0.15) is 5.06 Å². The maximum atomic E-state index is 5.70. The number of pyridine rings is 1. The second-order valence-corrected chi connectivity index (χ2v) is 2.81. The van der Waals surface area contributed by atoms with Crippen LogP contribution in [0.1, 0.15) is 5.69 Å². The van der Waals surface area contributed by atoms with E-state index < -0.39 is 0 Å². The topological polar surface area (TPSA) is 25.4 Å². The van der Waals surface area contributed by atoms with Crippen LogP contribution in [-0.4, -0.2) is 24.2 Å². The molecule has 0 aliphatic carbocycles. The van der Waals surface area contributed by atoms with Gasteiger partial charge in [0.25, 0.3) is 0 Å². The zero-order chi connectivity index (χ0) is 8.97. The van der Waals surface area contributed by atoms with Gasteiger partial charge in [-0.3, -0.25) is 0 Å². The van der Waals surface area contributed by atoms with Crippen LogP contribution in [0, 0.1) is 0 Å². The Morgan fingerprint density at radius 3 is 2.92 bits per heavy atom. The summed E-state index contributed by atoms with van der Waals surface area (Å²) in [5, 5.41) is 2.19. The summed E-state index contributed by atoms with van der Waals surface area (Å²) in [5.41, 5.74) is 0.895. The van der Waals surface area contributed by atoms with Crippen LogP contribution in [0.15, 0.2) is 18.2 Å². The summed E-state index contributed by atoms with van der Waals surface area (Å²) >= 11 is 5.70. The van der Waals surface area contributed by atoms with Crippen LogP contribution >= 0.6 is 11.6 Å². The molecular formula is C8H11ClN2O. The van der Waals surface area contributed by atoms with Gasteiger partial charge >= 0.3 is 0 Å². The molecule has 4 heteroatoms. The summed E-state index contributed by atoms with van der Waals surface area (Å²) in [6.45, 7) is 0.636. The number of halogens is 1. The largest absolute Gasteiger partial charge is 0.302 e. The van der Waals surface area contributed by atoms with Gasteiger partial charge < -0.3 is 4.84 Å². The Morgan fingerprint density at radius 1 is 1.58 bits per heavy atom. The van der Waals surface area contributed by atoms with E-state index in [0.29, 0.717) is 11.7 Å². The Labute approximate surface area is 76.9 Å². The predicted octanol–water partition coefficient (Wildman–Crippen LogP) is 1.73. The van der Waals surface area contributed by atoms with Crippen molar-refractivity contribution in [3.8, 4) is 0 Å². The Hall–Kier alpha value is -0.640. The molecule has 0 radical (unpaired) electrons. The summed E-state index contributed by atoms with van der Waals surface area (Å²) in [6, 6.07) is 5.52. The Morgan fingerprint density at radius 2 is 2.33 bits per heavy atom. The zero-order valence-corrected chi connectivity index (χ0v) is 7.88. The molecule has 1 rings (SSSR count). The van der Waals surface area contributed by atoms with E-state index in [1.807, 2.05) is 19.2 Å². The van der Waals surface area contributed by atoms with Gasteiger partial charge in [0.15, 0.2) is 0 Å². The van der Waals surface area contributed by atoms with Crippen molar-refractivity contribution in [1.29, 1.82) is 0 Å². The maximum absolute atomic E-state index is 5.70. The van der Waals surface area contributed by atoms with Crippen molar-refractivity contribution in [2.24, 2.45) is 0 Å². The highest BCUT2D eigenvalue weighted by molar-refractivity contribution is 6.29. The molecule has 0 unspecified atom stereocenters. The normalized spacial score (nSPS) is 10.7. The van der Waals surface area contributed by atoms with E-state index in [9.17, 15) is 0 Å². The lowest BCUT2D eigenvalue weighted by atomic mass is 10.3. The zero-order valence-electron chi connectivity index (χ0n) is 7.12. The molecule has 1 heterocycles. The van der Waals surface area contributed by atoms with Crippen molar-refractivity contribution in [1.82, 2.24) is 10.0 Å². The molecule has 0 saturated carbocycles. The summed E-state index contributed by atoms with van der Waals surface area (Å²) in [7, 11) is 3.45. The van der Waals surface area contributed by atoms with Gasteiger partial charge in [-0.1, -0.05) is 17.7 Å². The third-order valence-corrected chi connectivity index (χ3v) is 1.68. The standard InChI is InChI=1S/C8H11ClN2O/c1-11(12-2)6-7-4-3-5-8(9)10-7/h3-5H,6H2,1-2H3. The lowest BCUT2D eigenvalue weighted by Gasteiger charge is -2.12. The van der Waals surface area contributed by atoms with Crippen LogP contribution < -0.4 is 0 Å². The maximum Gasteiger partial charge on any atom is 0.129 e. The van der Waals surface area contributed by atoms with Crippen LogP contribution in [0.5, 0.6) is 0 Å². The summed E-state index contributed by atoms with van der Waals surface area (Å²) in [5.74, 6) is 0. The molecule has 0 aliphatic heterocycles. The molecule has 3 nitrogen and oxygen atoms in total. The van der Waals surface area contributed by atoms with Crippen LogP contribution in [-0.2, 0) is 11.4 Å². The van der Waals surface area contributed by atoms with E-state index in [4.69, 9.17) is 16.4 Å². The molecule has 0 fully saturated rings. The number of hydroxylamine groups is 2. The average Bonchev–Trinajstić information content (AvgIpc) is 2.04. The van der Waals surface area contributed by atoms with Crippen molar-refractivity contribution in [3.05, 3.63) is 29.0 Å². The average molecular weight is 187 g/mol. The Kier molecular flexibility index (Phi) is 3.47. The molecule has 0 spiro atoms. The highest BCUT2D eigenvalue weighted by Gasteiger charge is 1.99. The van der Waals surface area contributed by atoms with Gasteiger partial charge in [-0.15, -0.1) is 0 Å². The van der Waals surface area contributed by atoms with Crippen LogP contribution in [0.25, 0.3) is 0 Å².